The van der Waals surface area contributed by atoms with Gasteiger partial charge in [0.1, 0.15) is 11.8 Å². The van der Waals surface area contributed by atoms with E-state index in [4.69, 9.17) is 4.74 Å². The van der Waals surface area contributed by atoms with E-state index in [2.05, 4.69) is 12.1 Å². The average Bonchev–Trinajstić information content (AvgIpc) is 3.04. The summed E-state index contributed by atoms with van der Waals surface area (Å²) < 4.78 is 5.28. The summed E-state index contributed by atoms with van der Waals surface area (Å²) >= 11 is 0. The van der Waals surface area contributed by atoms with Crippen molar-refractivity contribution in [1.82, 2.24) is 4.90 Å². The van der Waals surface area contributed by atoms with Gasteiger partial charge in [-0.15, -0.1) is 0 Å². The van der Waals surface area contributed by atoms with Crippen LogP contribution in [0.3, 0.4) is 0 Å². The van der Waals surface area contributed by atoms with Crippen LogP contribution in [-0.4, -0.2) is 41.6 Å². The summed E-state index contributed by atoms with van der Waals surface area (Å²) in [5, 5.41) is 9.25. The van der Waals surface area contributed by atoms with Gasteiger partial charge in [0.05, 0.1) is 7.11 Å². The quantitative estimate of drug-likeness (QED) is 0.927. The number of likely N-dealkylation sites (tertiary alicyclic amines) is 1. The molecule has 1 saturated heterocycles. The molecule has 1 aromatic carbocycles. The molecule has 1 amide bonds. The van der Waals surface area contributed by atoms with Gasteiger partial charge in [0, 0.05) is 13.0 Å². The van der Waals surface area contributed by atoms with E-state index < -0.39 is 12.0 Å². The Morgan fingerprint density at radius 2 is 2.13 bits per heavy atom. The zero-order chi connectivity index (χ0) is 16.4. The van der Waals surface area contributed by atoms with Gasteiger partial charge >= 0.3 is 5.97 Å². The molecule has 0 aromatic heterocycles. The third kappa shape index (κ3) is 3.19. The maximum Gasteiger partial charge on any atom is 0.326 e. The van der Waals surface area contributed by atoms with E-state index in [0.717, 1.165) is 31.4 Å². The first-order valence-electron chi connectivity index (χ1n) is 8.29. The van der Waals surface area contributed by atoms with E-state index >= 15 is 0 Å². The number of carboxylic acid groups (broad SMARTS) is 1. The molecule has 1 aliphatic heterocycles. The van der Waals surface area contributed by atoms with Crippen LogP contribution >= 0.6 is 0 Å². The molecule has 23 heavy (non-hydrogen) atoms. The van der Waals surface area contributed by atoms with Gasteiger partial charge in [-0.05, 0) is 61.3 Å². The van der Waals surface area contributed by atoms with Crippen LogP contribution in [0.15, 0.2) is 18.2 Å². The van der Waals surface area contributed by atoms with Crippen LogP contribution in [-0.2, 0) is 16.0 Å². The normalized spacial score (nSPS) is 23.4. The van der Waals surface area contributed by atoms with Gasteiger partial charge in [-0.2, -0.15) is 0 Å². The first kappa shape index (κ1) is 15.8. The molecule has 0 unspecified atom stereocenters. The summed E-state index contributed by atoms with van der Waals surface area (Å²) in [5.74, 6) is 0.126. The minimum atomic E-state index is -0.885. The van der Waals surface area contributed by atoms with Crippen LogP contribution in [0.25, 0.3) is 0 Å². The third-order valence-corrected chi connectivity index (χ3v) is 5.07. The number of carboxylic acids is 1. The highest BCUT2D eigenvalue weighted by Crippen LogP contribution is 2.36. The van der Waals surface area contributed by atoms with Crippen LogP contribution in [0, 0.1) is 0 Å². The summed E-state index contributed by atoms with van der Waals surface area (Å²) in [6.07, 6.45) is 4.81. The zero-order valence-electron chi connectivity index (χ0n) is 13.5. The molecule has 0 bridgehead atoms. The van der Waals surface area contributed by atoms with Crippen LogP contribution in [0.1, 0.15) is 49.1 Å². The molecule has 5 heteroatoms. The van der Waals surface area contributed by atoms with E-state index in [1.165, 1.54) is 11.1 Å². The Hall–Kier alpha value is -2.04. The van der Waals surface area contributed by atoms with Gasteiger partial charge in [0.15, 0.2) is 0 Å². The number of hydrogen-bond acceptors (Lipinski definition) is 3. The van der Waals surface area contributed by atoms with Gasteiger partial charge in [0.2, 0.25) is 5.91 Å². The third-order valence-electron chi connectivity index (χ3n) is 5.07. The summed E-state index contributed by atoms with van der Waals surface area (Å²) in [6.45, 7) is 0.567. The highest BCUT2D eigenvalue weighted by Gasteiger charge is 2.35. The second-order valence-corrected chi connectivity index (χ2v) is 6.44. The van der Waals surface area contributed by atoms with Gasteiger partial charge in [-0.3, -0.25) is 4.79 Å². The molecule has 2 aliphatic rings. The summed E-state index contributed by atoms with van der Waals surface area (Å²) in [4.78, 5) is 25.4. The topological polar surface area (TPSA) is 66.8 Å². The lowest BCUT2D eigenvalue weighted by molar-refractivity contribution is -0.148. The predicted octanol–water partition coefficient (Wildman–Crippen LogP) is 2.58. The van der Waals surface area contributed by atoms with Crippen molar-refractivity contribution in [3.05, 3.63) is 29.3 Å². The van der Waals surface area contributed by atoms with Crippen LogP contribution < -0.4 is 4.74 Å². The predicted molar refractivity (Wildman–Crippen MR) is 85.7 cm³/mol. The zero-order valence-corrected chi connectivity index (χ0v) is 13.5. The Kier molecular flexibility index (Phi) is 4.55. The number of carbonyl (C=O) groups excluding carboxylic acids is 1. The molecule has 1 heterocycles. The van der Waals surface area contributed by atoms with Gasteiger partial charge in [0.25, 0.3) is 0 Å². The monoisotopic (exact) mass is 317 g/mol. The molecular weight excluding hydrogens is 294 g/mol. The van der Waals surface area contributed by atoms with Crippen molar-refractivity contribution in [2.24, 2.45) is 0 Å². The number of hydrogen-bond donors (Lipinski definition) is 1. The number of ether oxygens (including phenoxy) is 1. The maximum atomic E-state index is 12.6. The number of methoxy groups -OCH3 is 1. The van der Waals surface area contributed by atoms with Gasteiger partial charge in [-0.25, -0.2) is 4.79 Å². The highest BCUT2D eigenvalue weighted by molar-refractivity contribution is 5.84. The molecule has 0 spiro atoms. The first-order valence-corrected chi connectivity index (χ1v) is 8.29. The Balaban J connectivity index is 1.74. The maximum absolute atomic E-state index is 12.6. The van der Waals surface area contributed by atoms with E-state index in [9.17, 15) is 14.7 Å². The molecule has 1 aliphatic carbocycles. The number of carbonyl (C=O) groups is 2. The van der Waals surface area contributed by atoms with Gasteiger partial charge < -0.3 is 14.7 Å². The standard InChI is InChI=1S/C18H23NO4/c1-23-14-7-8-15-12(10-14)4-2-5-13(15)11-17(20)19-9-3-6-16(19)18(21)22/h7-8,10,13,16H,2-6,9,11H2,1H3,(H,21,22)/t13-,16+/m0/s1. The Labute approximate surface area is 136 Å². The fourth-order valence-corrected chi connectivity index (χ4v) is 3.88. The number of fused-ring (bicyclic) bond motifs is 1. The molecular formula is C18H23NO4. The Morgan fingerprint density at radius 1 is 1.30 bits per heavy atom. The molecule has 0 saturated carbocycles. The molecule has 124 valence electrons. The van der Waals surface area contributed by atoms with Crippen LogP contribution in [0.5, 0.6) is 5.75 Å². The van der Waals surface area contributed by atoms with E-state index in [1.54, 1.807) is 12.0 Å². The second-order valence-electron chi connectivity index (χ2n) is 6.44. The number of amides is 1. The first-order chi connectivity index (χ1) is 11.1. The summed E-state index contributed by atoms with van der Waals surface area (Å²) in [7, 11) is 1.66. The Morgan fingerprint density at radius 3 is 2.87 bits per heavy atom. The smallest absolute Gasteiger partial charge is 0.326 e. The second kappa shape index (κ2) is 6.60. The van der Waals surface area contributed by atoms with Crippen molar-refractivity contribution in [1.29, 1.82) is 0 Å². The summed E-state index contributed by atoms with van der Waals surface area (Å²) in [6, 6.07) is 5.42. The average molecular weight is 317 g/mol. The number of aryl methyl sites for hydroxylation is 1. The fourth-order valence-electron chi connectivity index (χ4n) is 3.88. The van der Waals surface area contributed by atoms with Crippen LogP contribution in [0.2, 0.25) is 0 Å². The van der Waals surface area contributed by atoms with Crippen molar-refractivity contribution < 1.29 is 19.4 Å². The lowest BCUT2D eigenvalue weighted by Crippen LogP contribution is -2.41. The Bertz CT molecular complexity index is 613. The molecule has 1 N–H and O–H groups in total. The number of nitrogens with zero attached hydrogens (tertiary/aromatic N) is 1. The highest BCUT2D eigenvalue weighted by atomic mass is 16.5. The number of aliphatic carboxylic acids is 1. The SMILES string of the molecule is COc1ccc2c(c1)CCC[C@H]2CC(=O)N1CCC[C@@H]1C(=O)O. The van der Waals surface area contributed by atoms with Gasteiger partial charge in [-0.1, -0.05) is 6.07 Å². The number of benzene rings is 1. The van der Waals surface area contributed by atoms with Crippen molar-refractivity contribution in [2.45, 2.75) is 50.5 Å². The lowest BCUT2D eigenvalue weighted by Gasteiger charge is -2.28. The fraction of sp³-hybridized carbons (Fsp3) is 0.556. The number of rotatable bonds is 4. The summed E-state index contributed by atoms with van der Waals surface area (Å²) in [5.41, 5.74) is 2.47. The minimum absolute atomic E-state index is 0.0245. The molecule has 5 nitrogen and oxygen atoms in total. The van der Waals surface area contributed by atoms with Crippen molar-refractivity contribution in [2.75, 3.05) is 13.7 Å². The minimum Gasteiger partial charge on any atom is -0.497 e. The molecule has 0 radical (unpaired) electrons. The van der Waals surface area contributed by atoms with E-state index in [1.807, 2.05) is 6.07 Å². The van der Waals surface area contributed by atoms with E-state index in [0.29, 0.717) is 19.4 Å². The van der Waals surface area contributed by atoms with Crippen LogP contribution in [0.4, 0.5) is 0 Å². The molecule has 3 rings (SSSR count). The largest absolute Gasteiger partial charge is 0.497 e. The van der Waals surface area contributed by atoms with Crippen molar-refractivity contribution in [3.63, 3.8) is 0 Å². The molecule has 1 aromatic rings. The van der Waals surface area contributed by atoms with Crippen molar-refractivity contribution in [3.8, 4) is 5.75 Å². The molecule has 2 atom stereocenters. The molecule has 1 fully saturated rings. The lowest BCUT2D eigenvalue weighted by atomic mass is 9.80. The van der Waals surface area contributed by atoms with E-state index in [-0.39, 0.29) is 11.8 Å². The van der Waals surface area contributed by atoms with Crippen molar-refractivity contribution >= 4 is 11.9 Å².